The van der Waals surface area contributed by atoms with Crippen LogP contribution in [0.2, 0.25) is 0 Å². The van der Waals surface area contributed by atoms with Gasteiger partial charge in [-0.1, -0.05) is 0 Å². The molecule has 152 valence electrons. The number of carbonyl (C=O) groups is 1. The summed E-state index contributed by atoms with van der Waals surface area (Å²) in [5.74, 6) is 0. The molecule has 1 amide bonds. The summed E-state index contributed by atoms with van der Waals surface area (Å²) in [5, 5.41) is 4.53. The Morgan fingerprint density at radius 2 is 1.70 bits per heavy atom. The first kappa shape index (κ1) is 20.1. The smallest absolute Gasteiger partial charge is 0.410 e. The molecule has 0 atom stereocenters. The van der Waals surface area contributed by atoms with E-state index < -0.39 is 11.9 Å². The molecular weight excluding hydrogens is 346 g/mol. The summed E-state index contributed by atoms with van der Waals surface area (Å²) in [6, 6.07) is 0.264. The van der Waals surface area contributed by atoms with Gasteiger partial charge in [0.25, 0.3) is 0 Å². The SMILES string of the molecule is CC(C)(C)OC(=O)N1CCC(n2cc(C3OC(C)(C)C(C)(C)O3)cn2)CC1. The first-order valence-corrected chi connectivity index (χ1v) is 9.76. The molecule has 1 aromatic rings. The molecule has 2 saturated heterocycles. The highest BCUT2D eigenvalue weighted by Crippen LogP contribution is 2.44. The van der Waals surface area contributed by atoms with Crippen LogP contribution in [-0.4, -0.2) is 50.7 Å². The maximum Gasteiger partial charge on any atom is 0.410 e. The lowest BCUT2D eigenvalue weighted by Gasteiger charge is -2.33. The Bertz CT molecular complexity index is 666. The first-order chi connectivity index (χ1) is 12.4. The van der Waals surface area contributed by atoms with E-state index in [9.17, 15) is 4.79 Å². The van der Waals surface area contributed by atoms with Crippen LogP contribution in [0.15, 0.2) is 12.4 Å². The van der Waals surface area contributed by atoms with E-state index in [0.29, 0.717) is 13.1 Å². The zero-order chi connectivity index (χ0) is 20.0. The minimum absolute atomic E-state index is 0.237. The monoisotopic (exact) mass is 379 g/mol. The molecule has 0 N–H and O–H groups in total. The quantitative estimate of drug-likeness (QED) is 0.775. The summed E-state index contributed by atoms with van der Waals surface area (Å²) in [7, 11) is 0. The van der Waals surface area contributed by atoms with Gasteiger partial charge in [0, 0.05) is 24.8 Å². The van der Waals surface area contributed by atoms with Crippen LogP contribution in [0.25, 0.3) is 0 Å². The molecule has 2 fully saturated rings. The van der Waals surface area contributed by atoms with Gasteiger partial charge in [0.2, 0.25) is 0 Å². The fourth-order valence-corrected chi connectivity index (χ4v) is 3.29. The number of rotatable bonds is 2. The number of likely N-dealkylation sites (tertiary alicyclic amines) is 1. The van der Waals surface area contributed by atoms with Crippen molar-refractivity contribution in [3.05, 3.63) is 18.0 Å². The highest BCUT2D eigenvalue weighted by atomic mass is 16.7. The Kier molecular flexibility index (Phi) is 5.06. The van der Waals surface area contributed by atoms with Crippen LogP contribution in [0.5, 0.6) is 0 Å². The molecule has 7 nitrogen and oxygen atoms in total. The Balaban J connectivity index is 1.58. The van der Waals surface area contributed by atoms with E-state index in [1.807, 2.05) is 65.5 Å². The van der Waals surface area contributed by atoms with Crippen molar-refractivity contribution in [2.24, 2.45) is 0 Å². The third kappa shape index (κ3) is 4.29. The van der Waals surface area contributed by atoms with E-state index in [0.717, 1.165) is 18.4 Å². The zero-order valence-electron chi connectivity index (χ0n) is 17.6. The molecule has 0 bridgehead atoms. The van der Waals surface area contributed by atoms with Crippen molar-refractivity contribution in [2.75, 3.05) is 13.1 Å². The van der Waals surface area contributed by atoms with Gasteiger partial charge in [-0.15, -0.1) is 0 Å². The lowest BCUT2D eigenvalue weighted by molar-refractivity contribution is -0.0896. The number of hydrogen-bond acceptors (Lipinski definition) is 5. The zero-order valence-corrected chi connectivity index (χ0v) is 17.6. The highest BCUT2D eigenvalue weighted by molar-refractivity contribution is 5.68. The summed E-state index contributed by atoms with van der Waals surface area (Å²) in [6.07, 6.45) is 4.90. The molecule has 27 heavy (non-hydrogen) atoms. The van der Waals surface area contributed by atoms with Crippen molar-refractivity contribution in [3.8, 4) is 0 Å². The maximum absolute atomic E-state index is 12.2. The molecule has 0 aromatic carbocycles. The van der Waals surface area contributed by atoms with Crippen molar-refractivity contribution in [3.63, 3.8) is 0 Å². The highest BCUT2D eigenvalue weighted by Gasteiger charge is 2.49. The summed E-state index contributed by atoms with van der Waals surface area (Å²) < 4.78 is 19.6. The van der Waals surface area contributed by atoms with Gasteiger partial charge in [0.05, 0.1) is 23.4 Å². The fraction of sp³-hybridized carbons (Fsp3) is 0.800. The number of ether oxygens (including phenoxy) is 3. The summed E-state index contributed by atoms with van der Waals surface area (Å²) in [6.45, 7) is 15.2. The standard InChI is InChI=1S/C20H33N3O4/c1-18(2,3)27-17(24)22-10-8-15(9-11-22)23-13-14(12-21-23)16-25-19(4,5)20(6,7)26-16/h12-13,15-16H,8-11H2,1-7H3. The molecule has 0 saturated carbocycles. The lowest BCUT2D eigenvalue weighted by Crippen LogP contribution is -2.42. The number of nitrogens with zero attached hydrogens (tertiary/aromatic N) is 3. The topological polar surface area (TPSA) is 65.8 Å². The van der Waals surface area contributed by atoms with Crippen LogP contribution in [-0.2, 0) is 14.2 Å². The summed E-state index contributed by atoms with van der Waals surface area (Å²) in [5.41, 5.74) is -0.256. The summed E-state index contributed by atoms with van der Waals surface area (Å²) in [4.78, 5) is 14.0. The lowest BCUT2D eigenvalue weighted by atomic mass is 9.90. The Morgan fingerprint density at radius 1 is 1.15 bits per heavy atom. The van der Waals surface area contributed by atoms with E-state index in [1.165, 1.54) is 0 Å². The van der Waals surface area contributed by atoms with E-state index in [-0.39, 0.29) is 23.3 Å². The Hall–Kier alpha value is -1.60. The second kappa shape index (κ2) is 6.78. The number of hydrogen-bond donors (Lipinski definition) is 0. The minimum atomic E-state index is -0.465. The van der Waals surface area contributed by atoms with Crippen LogP contribution < -0.4 is 0 Å². The summed E-state index contributed by atoms with van der Waals surface area (Å²) >= 11 is 0. The van der Waals surface area contributed by atoms with Crippen LogP contribution >= 0.6 is 0 Å². The number of aromatic nitrogens is 2. The van der Waals surface area contributed by atoms with Gasteiger partial charge in [0.15, 0.2) is 6.29 Å². The van der Waals surface area contributed by atoms with Gasteiger partial charge in [-0.2, -0.15) is 5.10 Å². The van der Waals surface area contributed by atoms with Gasteiger partial charge in [0.1, 0.15) is 5.60 Å². The van der Waals surface area contributed by atoms with Crippen molar-refractivity contribution in [1.82, 2.24) is 14.7 Å². The molecule has 2 aliphatic heterocycles. The molecule has 0 unspecified atom stereocenters. The molecule has 7 heteroatoms. The molecule has 0 aliphatic carbocycles. The number of carbonyl (C=O) groups excluding carboxylic acids is 1. The molecule has 3 heterocycles. The number of piperidine rings is 1. The largest absolute Gasteiger partial charge is 0.444 e. The van der Waals surface area contributed by atoms with Crippen LogP contribution in [0.1, 0.15) is 79.2 Å². The van der Waals surface area contributed by atoms with Gasteiger partial charge >= 0.3 is 6.09 Å². The third-order valence-corrected chi connectivity index (χ3v) is 5.64. The number of amides is 1. The third-order valence-electron chi connectivity index (χ3n) is 5.64. The molecule has 0 radical (unpaired) electrons. The predicted octanol–water partition coefficient (Wildman–Crippen LogP) is 4.06. The average molecular weight is 380 g/mol. The van der Waals surface area contributed by atoms with E-state index in [1.54, 1.807) is 4.90 Å². The molecule has 1 aromatic heterocycles. The predicted molar refractivity (Wildman–Crippen MR) is 101 cm³/mol. The van der Waals surface area contributed by atoms with Crippen LogP contribution in [0.3, 0.4) is 0 Å². The van der Waals surface area contributed by atoms with Crippen LogP contribution in [0, 0.1) is 0 Å². The first-order valence-electron chi connectivity index (χ1n) is 9.76. The van der Waals surface area contributed by atoms with Gasteiger partial charge in [-0.25, -0.2) is 4.79 Å². The normalized spacial score (nSPS) is 23.6. The second-order valence-corrected chi connectivity index (χ2v) is 9.54. The Labute approximate surface area is 161 Å². The van der Waals surface area contributed by atoms with Crippen molar-refractivity contribution < 1.29 is 19.0 Å². The van der Waals surface area contributed by atoms with Crippen LogP contribution in [0.4, 0.5) is 4.79 Å². The van der Waals surface area contributed by atoms with Gasteiger partial charge in [-0.3, -0.25) is 4.68 Å². The minimum Gasteiger partial charge on any atom is -0.444 e. The van der Waals surface area contributed by atoms with Crippen molar-refractivity contribution in [1.29, 1.82) is 0 Å². The molecule has 0 spiro atoms. The van der Waals surface area contributed by atoms with Gasteiger partial charge < -0.3 is 19.1 Å². The van der Waals surface area contributed by atoms with Crippen molar-refractivity contribution in [2.45, 2.75) is 90.4 Å². The van der Waals surface area contributed by atoms with Crippen molar-refractivity contribution >= 4 is 6.09 Å². The second-order valence-electron chi connectivity index (χ2n) is 9.54. The Morgan fingerprint density at radius 3 is 2.22 bits per heavy atom. The van der Waals surface area contributed by atoms with E-state index in [4.69, 9.17) is 14.2 Å². The van der Waals surface area contributed by atoms with E-state index >= 15 is 0 Å². The molecule has 3 rings (SSSR count). The van der Waals surface area contributed by atoms with E-state index in [2.05, 4.69) is 5.10 Å². The maximum atomic E-state index is 12.2. The molecule has 2 aliphatic rings. The molecular formula is C20H33N3O4. The fourth-order valence-electron chi connectivity index (χ4n) is 3.29. The average Bonchev–Trinajstić information content (AvgIpc) is 3.09. The van der Waals surface area contributed by atoms with Gasteiger partial charge in [-0.05, 0) is 61.3 Å².